The van der Waals surface area contributed by atoms with Gasteiger partial charge in [0, 0.05) is 5.69 Å². The number of hydrogen-bond acceptors (Lipinski definition) is 1. The predicted octanol–water partition coefficient (Wildman–Crippen LogP) is 1.25. The van der Waals surface area contributed by atoms with Crippen molar-refractivity contribution in [1.29, 1.82) is 0 Å². The van der Waals surface area contributed by atoms with E-state index in [1.54, 1.807) is 0 Å². The molecule has 1 aliphatic heterocycles. The summed E-state index contributed by atoms with van der Waals surface area (Å²) in [4.78, 5) is 13.4. The lowest BCUT2D eigenvalue weighted by Crippen LogP contribution is -3.14. The molecule has 1 aliphatic rings. The summed E-state index contributed by atoms with van der Waals surface area (Å²) in [6.45, 7) is 7.17. The topological polar surface area (TPSA) is 33.5 Å². The molecule has 1 aromatic carbocycles. The van der Waals surface area contributed by atoms with Crippen LogP contribution in [0, 0.1) is 12.8 Å². The Kier molecular flexibility index (Phi) is 4.37. The molecule has 0 bridgehead atoms. The second kappa shape index (κ2) is 6.01. The normalized spacial score (nSPS) is 23.7. The van der Waals surface area contributed by atoms with Crippen LogP contribution in [0.4, 0.5) is 5.69 Å². The maximum Gasteiger partial charge on any atom is 0.279 e. The zero-order chi connectivity index (χ0) is 13.0. The van der Waals surface area contributed by atoms with E-state index < -0.39 is 0 Å². The van der Waals surface area contributed by atoms with E-state index in [-0.39, 0.29) is 5.91 Å². The molecule has 0 saturated carbocycles. The van der Waals surface area contributed by atoms with Gasteiger partial charge in [-0.15, -0.1) is 0 Å². The maximum absolute atomic E-state index is 12.0. The second-order valence-electron chi connectivity index (χ2n) is 5.47. The average Bonchev–Trinajstić information content (AvgIpc) is 2.35. The molecule has 0 radical (unpaired) electrons. The summed E-state index contributed by atoms with van der Waals surface area (Å²) in [5.74, 6) is 0.960. The highest BCUT2D eigenvalue weighted by Crippen LogP contribution is 2.12. The first-order chi connectivity index (χ1) is 8.65. The van der Waals surface area contributed by atoms with E-state index in [9.17, 15) is 4.79 Å². The highest BCUT2D eigenvalue weighted by molar-refractivity contribution is 5.92. The number of nitrogens with one attached hydrogen (secondary N) is 2. The second-order valence-corrected chi connectivity index (χ2v) is 5.47. The Balaban J connectivity index is 1.84. The van der Waals surface area contributed by atoms with Crippen molar-refractivity contribution in [3.05, 3.63) is 29.8 Å². The van der Waals surface area contributed by atoms with Crippen molar-refractivity contribution in [2.45, 2.75) is 26.7 Å². The minimum absolute atomic E-state index is 0.133. The summed E-state index contributed by atoms with van der Waals surface area (Å²) in [5, 5.41) is 3.01. The molecule has 0 aromatic heterocycles. The number of para-hydroxylation sites is 1. The van der Waals surface area contributed by atoms with Crippen LogP contribution in [0.15, 0.2) is 24.3 Å². The fourth-order valence-electron chi connectivity index (χ4n) is 2.48. The Hall–Kier alpha value is -1.35. The van der Waals surface area contributed by atoms with Gasteiger partial charge in [-0.1, -0.05) is 25.1 Å². The van der Waals surface area contributed by atoms with E-state index in [2.05, 4.69) is 12.2 Å². The lowest BCUT2D eigenvalue weighted by atomic mass is 9.99. The van der Waals surface area contributed by atoms with Crippen LogP contribution in [0.2, 0.25) is 0 Å². The van der Waals surface area contributed by atoms with Crippen molar-refractivity contribution in [3.8, 4) is 0 Å². The van der Waals surface area contributed by atoms with Crippen molar-refractivity contribution >= 4 is 11.6 Å². The van der Waals surface area contributed by atoms with E-state index in [1.165, 1.54) is 17.7 Å². The minimum Gasteiger partial charge on any atom is -0.327 e. The molecule has 1 fully saturated rings. The maximum atomic E-state index is 12.0. The number of quaternary nitrogens is 1. The van der Waals surface area contributed by atoms with Gasteiger partial charge in [0.25, 0.3) is 5.91 Å². The van der Waals surface area contributed by atoms with Gasteiger partial charge in [-0.2, -0.15) is 0 Å². The Labute approximate surface area is 109 Å². The number of amides is 1. The van der Waals surface area contributed by atoms with Gasteiger partial charge in [-0.3, -0.25) is 4.79 Å². The van der Waals surface area contributed by atoms with Crippen LogP contribution in [0.3, 0.4) is 0 Å². The Morgan fingerprint density at radius 3 is 2.67 bits per heavy atom. The number of benzene rings is 1. The van der Waals surface area contributed by atoms with Crippen LogP contribution in [0.1, 0.15) is 25.3 Å². The number of carbonyl (C=O) groups excluding carboxylic acids is 1. The van der Waals surface area contributed by atoms with Crippen LogP contribution < -0.4 is 10.2 Å². The predicted molar refractivity (Wildman–Crippen MR) is 73.8 cm³/mol. The fourth-order valence-corrected chi connectivity index (χ4v) is 2.48. The van der Waals surface area contributed by atoms with Crippen LogP contribution >= 0.6 is 0 Å². The monoisotopic (exact) mass is 247 g/mol. The van der Waals surface area contributed by atoms with Gasteiger partial charge in [0.2, 0.25) is 0 Å². The van der Waals surface area contributed by atoms with Gasteiger partial charge >= 0.3 is 0 Å². The van der Waals surface area contributed by atoms with E-state index in [1.807, 2.05) is 31.2 Å². The van der Waals surface area contributed by atoms with E-state index in [4.69, 9.17) is 0 Å². The first-order valence-electron chi connectivity index (χ1n) is 6.84. The highest BCUT2D eigenvalue weighted by atomic mass is 16.2. The number of aryl methyl sites for hydroxylation is 1. The molecular formula is C15H23N2O+. The van der Waals surface area contributed by atoms with Crippen molar-refractivity contribution in [2.24, 2.45) is 5.92 Å². The molecule has 0 atom stereocenters. The van der Waals surface area contributed by atoms with Crippen molar-refractivity contribution in [1.82, 2.24) is 0 Å². The molecular weight excluding hydrogens is 224 g/mol. The van der Waals surface area contributed by atoms with Crippen LogP contribution in [0.5, 0.6) is 0 Å². The van der Waals surface area contributed by atoms with E-state index in [0.717, 1.165) is 30.3 Å². The molecule has 0 spiro atoms. The van der Waals surface area contributed by atoms with Gasteiger partial charge in [-0.05, 0) is 37.3 Å². The summed E-state index contributed by atoms with van der Waals surface area (Å²) in [6, 6.07) is 7.92. The molecule has 1 aromatic rings. The standard InChI is InChI=1S/C15H22N2O/c1-12-7-9-17(10-8-12)11-15(18)16-14-6-4-3-5-13(14)2/h3-6,12H,7-11H2,1-2H3,(H,16,18)/p+1. The van der Waals surface area contributed by atoms with Gasteiger partial charge in [-0.25, -0.2) is 0 Å². The van der Waals surface area contributed by atoms with E-state index >= 15 is 0 Å². The number of carbonyl (C=O) groups is 1. The SMILES string of the molecule is Cc1ccccc1NC(=O)C[NH+]1CCC(C)CC1. The smallest absolute Gasteiger partial charge is 0.279 e. The minimum atomic E-state index is 0.133. The third-order valence-corrected chi connectivity index (χ3v) is 3.81. The lowest BCUT2D eigenvalue weighted by Gasteiger charge is -2.26. The highest BCUT2D eigenvalue weighted by Gasteiger charge is 2.21. The van der Waals surface area contributed by atoms with Crippen molar-refractivity contribution in [2.75, 3.05) is 25.0 Å². The number of likely N-dealkylation sites (tertiary alicyclic amines) is 1. The van der Waals surface area contributed by atoms with Crippen molar-refractivity contribution in [3.63, 3.8) is 0 Å². The first-order valence-corrected chi connectivity index (χ1v) is 6.84. The number of anilines is 1. The first kappa shape index (κ1) is 13.1. The zero-order valence-corrected chi connectivity index (χ0v) is 11.3. The lowest BCUT2D eigenvalue weighted by molar-refractivity contribution is -0.897. The fraction of sp³-hybridized carbons (Fsp3) is 0.533. The van der Waals surface area contributed by atoms with Gasteiger partial charge in [0.1, 0.15) is 0 Å². The quantitative estimate of drug-likeness (QED) is 0.828. The molecule has 0 aliphatic carbocycles. The van der Waals surface area contributed by atoms with Crippen LogP contribution in [-0.4, -0.2) is 25.5 Å². The number of rotatable bonds is 3. The molecule has 1 amide bonds. The number of piperidine rings is 1. The largest absolute Gasteiger partial charge is 0.327 e. The molecule has 3 nitrogen and oxygen atoms in total. The third kappa shape index (κ3) is 3.57. The van der Waals surface area contributed by atoms with Gasteiger partial charge < -0.3 is 10.2 Å². The van der Waals surface area contributed by atoms with Gasteiger partial charge in [0.15, 0.2) is 6.54 Å². The van der Waals surface area contributed by atoms with Gasteiger partial charge in [0.05, 0.1) is 13.1 Å². The summed E-state index contributed by atoms with van der Waals surface area (Å²) >= 11 is 0. The van der Waals surface area contributed by atoms with Crippen LogP contribution in [0.25, 0.3) is 0 Å². The Morgan fingerprint density at radius 2 is 2.00 bits per heavy atom. The van der Waals surface area contributed by atoms with E-state index in [0.29, 0.717) is 6.54 Å². The third-order valence-electron chi connectivity index (χ3n) is 3.81. The average molecular weight is 247 g/mol. The summed E-state index contributed by atoms with van der Waals surface area (Å²) in [5.41, 5.74) is 2.06. The Morgan fingerprint density at radius 1 is 1.33 bits per heavy atom. The molecule has 3 heteroatoms. The molecule has 1 saturated heterocycles. The molecule has 98 valence electrons. The molecule has 1 heterocycles. The zero-order valence-electron chi connectivity index (χ0n) is 11.3. The summed E-state index contributed by atoms with van der Waals surface area (Å²) in [6.07, 6.45) is 2.49. The molecule has 2 rings (SSSR count). The van der Waals surface area contributed by atoms with Crippen molar-refractivity contribution < 1.29 is 9.69 Å². The van der Waals surface area contributed by atoms with Crippen LogP contribution in [-0.2, 0) is 4.79 Å². The molecule has 2 N–H and O–H groups in total. The number of hydrogen-bond donors (Lipinski definition) is 2. The summed E-state index contributed by atoms with van der Waals surface area (Å²) < 4.78 is 0. The molecule has 0 unspecified atom stereocenters. The summed E-state index contributed by atoms with van der Waals surface area (Å²) in [7, 11) is 0. The Bertz CT molecular complexity index is 409. The molecule has 18 heavy (non-hydrogen) atoms.